The first-order chi connectivity index (χ1) is 10.2. The monoisotopic (exact) mass is 300 g/mol. The lowest BCUT2D eigenvalue weighted by Crippen LogP contribution is -2.40. The van der Waals surface area contributed by atoms with Gasteiger partial charge in [0, 0.05) is 33.8 Å². The van der Waals surface area contributed by atoms with Gasteiger partial charge in [-0.05, 0) is 62.4 Å². The summed E-state index contributed by atoms with van der Waals surface area (Å²) < 4.78 is 0. The van der Waals surface area contributed by atoms with Crippen LogP contribution < -0.4 is 5.56 Å². The van der Waals surface area contributed by atoms with Crippen LogP contribution in [0.4, 0.5) is 0 Å². The first-order valence-electron chi connectivity index (χ1n) is 7.71. The number of fused-ring (bicyclic) bond motifs is 3. The molecule has 1 aromatic heterocycles. The second-order valence-electron chi connectivity index (χ2n) is 6.33. The van der Waals surface area contributed by atoms with Crippen molar-refractivity contribution in [1.82, 2.24) is 9.88 Å². The highest BCUT2D eigenvalue weighted by molar-refractivity contribution is 8.00. The van der Waals surface area contributed by atoms with Gasteiger partial charge in [-0.15, -0.1) is 11.8 Å². The zero-order valence-electron chi connectivity index (χ0n) is 12.2. The van der Waals surface area contributed by atoms with E-state index in [1.165, 1.54) is 30.6 Å². The molecular formula is C17H20N2OS. The van der Waals surface area contributed by atoms with Crippen LogP contribution in [0, 0.1) is 0 Å². The molecule has 2 bridgehead atoms. The Morgan fingerprint density at radius 1 is 1.14 bits per heavy atom. The number of thioether (sulfide) groups is 1. The summed E-state index contributed by atoms with van der Waals surface area (Å²) in [6.45, 7) is 0. The molecule has 3 nitrogen and oxygen atoms in total. The van der Waals surface area contributed by atoms with Crippen molar-refractivity contribution in [3.63, 3.8) is 0 Å². The van der Waals surface area contributed by atoms with Crippen molar-refractivity contribution in [3.05, 3.63) is 40.7 Å². The molecule has 0 saturated carbocycles. The van der Waals surface area contributed by atoms with E-state index < -0.39 is 0 Å². The summed E-state index contributed by atoms with van der Waals surface area (Å²) in [5.74, 6) is 0. The second kappa shape index (κ2) is 5.18. The molecule has 2 fully saturated rings. The van der Waals surface area contributed by atoms with Crippen molar-refractivity contribution in [2.45, 2.75) is 47.9 Å². The summed E-state index contributed by atoms with van der Waals surface area (Å²) in [7, 11) is 2.29. The number of nitrogens with zero attached hydrogens (tertiary/aromatic N) is 1. The third-order valence-corrected chi connectivity index (χ3v) is 6.30. The van der Waals surface area contributed by atoms with Crippen LogP contribution in [0.2, 0.25) is 0 Å². The SMILES string of the molecule is CN1C2CC[C@@H]1CC(Sc1ccc3[nH]c(=O)ccc3c1)C2. The van der Waals surface area contributed by atoms with Gasteiger partial charge >= 0.3 is 0 Å². The Labute approximate surface area is 128 Å². The molecule has 2 aromatic rings. The predicted octanol–water partition coefficient (Wildman–Crippen LogP) is 3.25. The zero-order valence-corrected chi connectivity index (χ0v) is 13.0. The smallest absolute Gasteiger partial charge is 0.248 e. The molecule has 1 aromatic carbocycles. The number of nitrogens with one attached hydrogen (secondary N) is 1. The Kier molecular flexibility index (Phi) is 3.31. The fourth-order valence-electron chi connectivity index (χ4n) is 3.86. The summed E-state index contributed by atoms with van der Waals surface area (Å²) >= 11 is 2.01. The zero-order chi connectivity index (χ0) is 14.4. The van der Waals surface area contributed by atoms with Gasteiger partial charge in [0.15, 0.2) is 0 Å². The van der Waals surface area contributed by atoms with Crippen LogP contribution in [0.5, 0.6) is 0 Å². The number of hydrogen-bond donors (Lipinski definition) is 1. The molecule has 4 rings (SSSR count). The minimum atomic E-state index is -0.0326. The quantitative estimate of drug-likeness (QED) is 0.925. The lowest BCUT2D eigenvalue weighted by atomic mass is 10.0. The maximum atomic E-state index is 11.3. The fraction of sp³-hybridized carbons (Fsp3) is 0.471. The third kappa shape index (κ3) is 2.51. The average molecular weight is 300 g/mol. The minimum absolute atomic E-state index is 0.0326. The molecule has 3 heterocycles. The number of hydrogen-bond acceptors (Lipinski definition) is 3. The van der Waals surface area contributed by atoms with Crippen molar-refractivity contribution in [1.29, 1.82) is 0 Å². The van der Waals surface area contributed by atoms with E-state index in [1.54, 1.807) is 6.07 Å². The second-order valence-corrected chi connectivity index (χ2v) is 7.71. The van der Waals surface area contributed by atoms with Crippen molar-refractivity contribution in [2.24, 2.45) is 0 Å². The number of aromatic nitrogens is 1. The van der Waals surface area contributed by atoms with E-state index in [0.717, 1.165) is 28.2 Å². The Morgan fingerprint density at radius 2 is 1.90 bits per heavy atom. The van der Waals surface area contributed by atoms with Gasteiger partial charge in [-0.25, -0.2) is 0 Å². The van der Waals surface area contributed by atoms with Crippen LogP contribution in [0.15, 0.2) is 40.0 Å². The van der Waals surface area contributed by atoms with Crippen molar-refractivity contribution in [2.75, 3.05) is 7.05 Å². The predicted molar refractivity (Wildman–Crippen MR) is 88.0 cm³/mol. The highest BCUT2D eigenvalue weighted by atomic mass is 32.2. The number of rotatable bonds is 2. The van der Waals surface area contributed by atoms with Gasteiger partial charge in [0.2, 0.25) is 5.56 Å². The van der Waals surface area contributed by atoms with Gasteiger partial charge < -0.3 is 9.88 Å². The van der Waals surface area contributed by atoms with Crippen LogP contribution in [-0.2, 0) is 0 Å². The van der Waals surface area contributed by atoms with Gasteiger partial charge in [0.05, 0.1) is 0 Å². The van der Waals surface area contributed by atoms with E-state index in [0.29, 0.717) is 0 Å². The molecule has 0 spiro atoms. The van der Waals surface area contributed by atoms with Gasteiger partial charge in [-0.1, -0.05) is 0 Å². The molecular weight excluding hydrogens is 280 g/mol. The Balaban J connectivity index is 1.55. The largest absolute Gasteiger partial charge is 0.322 e. The van der Waals surface area contributed by atoms with Gasteiger partial charge in [-0.2, -0.15) is 0 Å². The number of aromatic amines is 1. The number of piperidine rings is 1. The number of H-pyrrole nitrogens is 1. The van der Waals surface area contributed by atoms with E-state index in [4.69, 9.17) is 0 Å². The summed E-state index contributed by atoms with van der Waals surface area (Å²) in [5, 5.41) is 1.86. The molecule has 1 N–H and O–H groups in total. The summed E-state index contributed by atoms with van der Waals surface area (Å²) in [6.07, 6.45) is 5.36. The van der Waals surface area contributed by atoms with Crippen molar-refractivity contribution < 1.29 is 0 Å². The van der Waals surface area contributed by atoms with E-state index in [1.807, 2.05) is 23.9 Å². The third-order valence-electron chi connectivity index (χ3n) is 5.05. The lowest BCUT2D eigenvalue weighted by molar-refractivity contribution is 0.183. The van der Waals surface area contributed by atoms with Gasteiger partial charge in [0.25, 0.3) is 0 Å². The first kappa shape index (κ1) is 13.4. The summed E-state index contributed by atoms with van der Waals surface area (Å²) in [5.41, 5.74) is 0.894. The maximum Gasteiger partial charge on any atom is 0.248 e. The molecule has 2 aliphatic heterocycles. The standard InChI is InChI=1S/C17H20N2OS/c1-19-12-3-4-13(19)10-15(9-12)21-14-5-6-16-11(8-14)2-7-17(20)18-16/h2,5-8,12-13,15H,3-4,9-10H2,1H3,(H,18,20)/t12-,13?,15?/m1/s1. The molecule has 2 aliphatic rings. The molecule has 0 aliphatic carbocycles. The number of pyridine rings is 1. The van der Waals surface area contributed by atoms with E-state index in [9.17, 15) is 4.79 Å². The Bertz CT molecular complexity index is 712. The number of benzene rings is 1. The van der Waals surface area contributed by atoms with Crippen LogP contribution in [0.3, 0.4) is 0 Å². The van der Waals surface area contributed by atoms with E-state index in [2.05, 4.69) is 29.1 Å². The molecule has 4 heteroatoms. The maximum absolute atomic E-state index is 11.3. The topological polar surface area (TPSA) is 36.1 Å². The van der Waals surface area contributed by atoms with Gasteiger partial charge in [0.1, 0.15) is 0 Å². The fourth-order valence-corrected chi connectivity index (χ4v) is 5.22. The molecule has 21 heavy (non-hydrogen) atoms. The average Bonchev–Trinajstić information content (AvgIpc) is 2.70. The summed E-state index contributed by atoms with van der Waals surface area (Å²) in [4.78, 5) is 18.1. The summed E-state index contributed by atoms with van der Waals surface area (Å²) in [6, 6.07) is 11.5. The van der Waals surface area contributed by atoms with E-state index in [-0.39, 0.29) is 5.56 Å². The van der Waals surface area contributed by atoms with Crippen LogP contribution in [0.25, 0.3) is 10.9 Å². The lowest BCUT2D eigenvalue weighted by Gasteiger charge is -2.36. The van der Waals surface area contributed by atoms with Crippen LogP contribution in [-0.4, -0.2) is 34.3 Å². The molecule has 2 unspecified atom stereocenters. The molecule has 0 radical (unpaired) electrons. The Morgan fingerprint density at radius 3 is 2.67 bits per heavy atom. The Hall–Kier alpha value is -1.26. The molecule has 3 atom stereocenters. The van der Waals surface area contributed by atoms with Crippen LogP contribution >= 0.6 is 11.8 Å². The van der Waals surface area contributed by atoms with Gasteiger partial charge in [-0.3, -0.25) is 4.79 Å². The van der Waals surface area contributed by atoms with Crippen molar-refractivity contribution in [3.8, 4) is 0 Å². The minimum Gasteiger partial charge on any atom is -0.322 e. The highest BCUT2D eigenvalue weighted by Crippen LogP contribution is 2.41. The van der Waals surface area contributed by atoms with E-state index >= 15 is 0 Å². The first-order valence-corrected chi connectivity index (χ1v) is 8.59. The molecule has 110 valence electrons. The highest BCUT2D eigenvalue weighted by Gasteiger charge is 2.38. The normalized spacial score (nSPS) is 29.1. The molecule has 0 amide bonds. The van der Waals surface area contributed by atoms with Crippen LogP contribution in [0.1, 0.15) is 25.7 Å². The van der Waals surface area contributed by atoms with Crippen molar-refractivity contribution >= 4 is 22.7 Å². The molecule has 2 saturated heterocycles.